The highest BCUT2D eigenvalue weighted by atomic mass is 16.2. The lowest BCUT2D eigenvalue weighted by Crippen LogP contribution is -2.30. The third-order valence-electron chi connectivity index (χ3n) is 5.02. The smallest absolute Gasteiger partial charge is 0.276 e. The van der Waals surface area contributed by atoms with Crippen LogP contribution in [0.4, 0.5) is 11.4 Å². The molecule has 27 heavy (non-hydrogen) atoms. The minimum atomic E-state index is -0.314. The van der Waals surface area contributed by atoms with Crippen molar-refractivity contribution in [1.29, 1.82) is 0 Å². The van der Waals surface area contributed by atoms with Gasteiger partial charge in [0.2, 0.25) is 0 Å². The van der Waals surface area contributed by atoms with Gasteiger partial charge in [0.15, 0.2) is 5.69 Å². The lowest BCUT2D eigenvalue weighted by Gasteiger charge is -2.30. The molecule has 6 nitrogen and oxygen atoms in total. The van der Waals surface area contributed by atoms with Crippen molar-refractivity contribution in [2.45, 2.75) is 19.3 Å². The van der Waals surface area contributed by atoms with E-state index < -0.39 is 0 Å². The van der Waals surface area contributed by atoms with Crippen LogP contribution >= 0.6 is 0 Å². The number of piperidine rings is 1. The van der Waals surface area contributed by atoms with E-state index >= 15 is 0 Å². The molecular formula is C21H22N4O2. The van der Waals surface area contributed by atoms with Gasteiger partial charge in [-0.2, -0.15) is 5.10 Å². The summed E-state index contributed by atoms with van der Waals surface area (Å²) < 4.78 is 1.22. The molecule has 3 aromatic rings. The Bertz CT molecular complexity index is 1050. The Labute approximate surface area is 157 Å². The number of nitrogens with zero attached hydrogens (tertiary/aromatic N) is 3. The van der Waals surface area contributed by atoms with E-state index in [0.29, 0.717) is 10.8 Å². The van der Waals surface area contributed by atoms with Crippen LogP contribution in [-0.2, 0) is 7.05 Å². The molecule has 0 atom stereocenters. The number of benzene rings is 2. The van der Waals surface area contributed by atoms with Crippen molar-refractivity contribution in [3.05, 3.63) is 64.6 Å². The van der Waals surface area contributed by atoms with E-state index in [1.54, 1.807) is 25.2 Å². The monoisotopic (exact) mass is 362 g/mol. The molecule has 0 radical (unpaired) electrons. The fourth-order valence-electron chi connectivity index (χ4n) is 3.64. The fourth-order valence-corrected chi connectivity index (χ4v) is 3.64. The third-order valence-corrected chi connectivity index (χ3v) is 5.02. The number of rotatable bonds is 3. The van der Waals surface area contributed by atoms with Crippen molar-refractivity contribution in [3.63, 3.8) is 0 Å². The molecule has 1 amide bonds. The summed E-state index contributed by atoms with van der Waals surface area (Å²) in [4.78, 5) is 27.6. The van der Waals surface area contributed by atoms with Gasteiger partial charge >= 0.3 is 0 Å². The van der Waals surface area contributed by atoms with Gasteiger partial charge in [-0.15, -0.1) is 0 Å². The zero-order valence-corrected chi connectivity index (χ0v) is 15.3. The quantitative estimate of drug-likeness (QED) is 0.777. The van der Waals surface area contributed by atoms with Gasteiger partial charge in [-0.3, -0.25) is 9.59 Å². The second kappa shape index (κ2) is 7.23. The molecule has 6 heteroatoms. The highest BCUT2D eigenvalue weighted by Crippen LogP contribution is 2.29. The summed E-state index contributed by atoms with van der Waals surface area (Å²) in [6.07, 6.45) is 3.57. The lowest BCUT2D eigenvalue weighted by atomic mass is 10.1. The van der Waals surface area contributed by atoms with Gasteiger partial charge in [0, 0.05) is 25.5 Å². The summed E-state index contributed by atoms with van der Waals surface area (Å²) in [7, 11) is 1.56. The number of hydrogen-bond donors (Lipinski definition) is 1. The van der Waals surface area contributed by atoms with Crippen LogP contribution in [0.3, 0.4) is 0 Å². The van der Waals surface area contributed by atoms with Crippen molar-refractivity contribution in [2.24, 2.45) is 7.05 Å². The van der Waals surface area contributed by atoms with Crippen LogP contribution in [0.25, 0.3) is 10.8 Å². The number of aryl methyl sites for hydroxylation is 1. The summed E-state index contributed by atoms with van der Waals surface area (Å²) in [5, 5.41) is 8.28. The van der Waals surface area contributed by atoms with Crippen molar-refractivity contribution < 1.29 is 4.79 Å². The van der Waals surface area contributed by atoms with Crippen molar-refractivity contribution >= 4 is 28.1 Å². The van der Waals surface area contributed by atoms with E-state index in [1.165, 1.54) is 11.1 Å². The number of amides is 1. The summed E-state index contributed by atoms with van der Waals surface area (Å²) in [6.45, 7) is 1.99. The maximum Gasteiger partial charge on any atom is 0.276 e. The minimum Gasteiger partial charge on any atom is -0.370 e. The summed E-state index contributed by atoms with van der Waals surface area (Å²) in [5.74, 6) is -0.314. The molecule has 138 valence electrons. The third kappa shape index (κ3) is 3.30. The molecule has 1 N–H and O–H groups in total. The molecular weight excluding hydrogens is 340 g/mol. The first-order chi connectivity index (χ1) is 13.1. The van der Waals surface area contributed by atoms with Gasteiger partial charge in [-0.25, -0.2) is 4.68 Å². The van der Waals surface area contributed by atoms with Crippen LogP contribution in [0.1, 0.15) is 29.8 Å². The molecule has 0 spiro atoms. The predicted molar refractivity (Wildman–Crippen MR) is 107 cm³/mol. The first-order valence-electron chi connectivity index (χ1n) is 9.26. The zero-order valence-electron chi connectivity index (χ0n) is 15.3. The molecule has 0 saturated carbocycles. The van der Waals surface area contributed by atoms with Gasteiger partial charge in [-0.05, 0) is 37.5 Å². The molecule has 0 aliphatic carbocycles. The van der Waals surface area contributed by atoms with Crippen molar-refractivity contribution in [1.82, 2.24) is 9.78 Å². The molecule has 4 rings (SSSR count). The first kappa shape index (κ1) is 17.3. The number of carbonyl (C=O) groups is 1. The highest BCUT2D eigenvalue weighted by Gasteiger charge is 2.19. The number of aromatic nitrogens is 2. The Morgan fingerprint density at radius 3 is 2.41 bits per heavy atom. The van der Waals surface area contributed by atoms with Crippen molar-refractivity contribution in [3.8, 4) is 0 Å². The van der Waals surface area contributed by atoms with Crippen molar-refractivity contribution in [2.75, 3.05) is 23.3 Å². The van der Waals surface area contributed by atoms with E-state index in [2.05, 4.69) is 15.3 Å². The van der Waals surface area contributed by atoms with E-state index in [-0.39, 0.29) is 17.2 Å². The Balaban J connectivity index is 1.71. The topological polar surface area (TPSA) is 67.2 Å². The Hall–Kier alpha value is -3.15. The molecule has 2 heterocycles. The van der Waals surface area contributed by atoms with E-state index in [1.807, 2.05) is 30.3 Å². The number of hydrogen-bond acceptors (Lipinski definition) is 4. The maximum atomic E-state index is 13.0. The zero-order chi connectivity index (χ0) is 18.8. The van der Waals surface area contributed by atoms with Gasteiger partial charge in [-0.1, -0.05) is 30.3 Å². The Morgan fingerprint density at radius 2 is 1.63 bits per heavy atom. The van der Waals surface area contributed by atoms with Gasteiger partial charge in [0.05, 0.1) is 16.8 Å². The van der Waals surface area contributed by atoms with Crippen LogP contribution in [0.5, 0.6) is 0 Å². The lowest BCUT2D eigenvalue weighted by molar-refractivity contribution is 0.102. The normalized spacial score (nSPS) is 14.3. The molecule has 2 aromatic carbocycles. The molecule has 1 fully saturated rings. The number of nitrogens with one attached hydrogen (secondary N) is 1. The van der Waals surface area contributed by atoms with Gasteiger partial charge in [0.1, 0.15) is 0 Å². The average Bonchev–Trinajstić information content (AvgIpc) is 2.72. The van der Waals surface area contributed by atoms with Crippen LogP contribution < -0.4 is 15.8 Å². The molecule has 1 aliphatic rings. The van der Waals surface area contributed by atoms with Crippen LogP contribution in [0, 0.1) is 0 Å². The number of fused-ring (bicyclic) bond motifs is 1. The molecule has 0 unspecified atom stereocenters. The largest absolute Gasteiger partial charge is 0.370 e. The highest BCUT2D eigenvalue weighted by molar-refractivity contribution is 6.12. The van der Waals surface area contributed by atoms with E-state index in [0.717, 1.165) is 37.3 Å². The van der Waals surface area contributed by atoms with Gasteiger partial charge in [0.25, 0.3) is 11.5 Å². The molecule has 1 aromatic heterocycles. The average molecular weight is 362 g/mol. The standard InChI is InChI=1S/C21H22N4O2/c1-24-21(27)16-10-4-3-9-15(16)19(23-24)20(26)22-17-11-5-6-12-18(17)25-13-7-2-8-14-25/h3-6,9-12H,2,7-8,13-14H2,1H3,(H,22,26). The summed E-state index contributed by atoms with van der Waals surface area (Å²) in [6, 6.07) is 14.9. The Morgan fingerprint density at radius 1 is 0.963 bits per heavy atom. The van der Waals surface area contributed by atoms with E-state index in [4.69, 9.17) is 0 Å². The number of anilines is 2. The van der Waals surface area contributed by atoms with Gasteiger partial charge < -0.3 is 10.2 Å². The van der Waals surface area contributed by atoms with Crippen LogP contribution in [-0.4, -0.2) is 28.8 Å². The molecule has 0 bridgehead atoms. The summed E-state index contributed by atoms with van der Waals surface area (Å²) >= 11 is 0. The Kier molecular flexibility index (Phi) is 4.62. The SMILES string of the molecule is Cn1nc(C(=O)Nc2ccccc2N2CCCCC2)c2ccccc2c1=O. The first-order valence-corrected chi connectivity index (χ1v) is 9.26. The number of carbonyl (C=O) groups excluding carboxylic acids is 1. The number of para-hydroxylation sites is 2. The van der Waals surface area contributed by atoms with E-state index in [9.17, 15) is 9.59 Å². The summed E-state index contributed by atoms with van der Waals surface area (Å²) in [5.41, 5.74) is 1.83. The molecule has 1 aliphatic heterocycles. The van der Waals surface area contributed by atoms with Crippen LogP contribution in [0.15, 0.2) is 53.3 Å². The maximum absolute atomic E-state index is 13.0. The predicted octanol–water partition coefficient (Wildman–Crippen LogP) is 3.18. The second-order valence-electron chi connectivity index (χ2n) is 6.84. The molecule has 1 saturated heterocycles. The fraction of sp³-hybridized carbons (Fsp3) is 0.286. The minimum absolute atomic E-state index is 0.212. The second-order valence-corrected chi connectivity index (χ2v) is 6.84. The van der Waals surface area contributed by atoms with Crippen LogP contribution in [0.2, 0.25) is 0 Å².